The topological polar surface area (TPSA) is 76.1 Å². The number of pyridine rings is 1. The molecular formula is C17H20N2O3S2. The third-order valence-corrected chi connectivity index (χ3v) is 5.38. The molecular weight excluding hydrogens is 344 g/mol. The SMILES string of the molecule is CCSc1cc(C(=O)NC(C)c2ccc(S(C)(=O)=O)cc2)ccn1. The van der Waals surface area contributed by atoms with Crippen molar-refractivity contribution < 1.29 is 13.2 Å². The summed E-state index contributed by atoms with van der Waals surface area (Å²) in [6.45, 7) is 3.89. The maximum Gasteiger partial charge on any atom is 0.251 e. The first-order valence-electron chi connectivity index (χ1n) is 7.51. The van der Waals surface area contributed by atoms with E-state index in [1.54, 1.807) is 54.4 Å². The average molecular weight is 364 g/mol. The smallest absolute Gasteiger partial charge is 0.251 e. The van der Waals surface area contributed by atoms with Crippen LogP contribution in [0.3, 0.4) is 0 Å². The van der Waals surface area contributed by atoms with E-state index in [1.807, 2.05) is 13.8 Å². The van der Waals surface area contributed by atoms with E-state index in [-0.39, 0.29) is 16.8 Å². The Morgan fingerprint density at radius 3 is 2.50 bits per heavy atom. The molecule has 0 aliphatic rings. The third-order valence-electron chi connectivity index (χ3n) is 3.45. The van der Waals surface area contributed by atoms with Crippen molar-refractivity contribution in [2.45, 2.75) is 29.8 Å². The van der Waals surface area contributed by atoms with Crippen LogP contribution >= 0.6 is 11.8 Å². The monoisotopic (exact) mass is 364 g/mol. The van der Waals surface area contributed by atoms with Crippen LogP contribution in [0.15, 0.2) is 52.5 Å². The third kappa shape index (κ3) is 4.82. The first-order chi connectivity index (χ1) is 11.3. The van der Waals surface area contributed by atoms with Crippen molar-refractivity contribution in [1.29, 1.82) is 0 Å². The maximum atomic E-state index is 12.4. The van der Waals surface area contributed by atoms with Gasteiger partial charge in [0.05, 0.1) is 16.0 Å². The molecule has 5 nitrogen and oxygen atoms in total. The number of hydrogen-bond acceptors (Lipinski definition) is 5. The number of carbonyl (C=O) groups is 1. The lowest BCUT2D eigenvalue weighted by Gasteiger charge is -2.15. The molecule has 0 fully saturated rings. The van der Waals surface area contributed by atoms with Crippen LogP contribution in [0.1, 0.15) is 35.8 Å². The molecule has 1 aromatic heterocycles. The van der Waals surface area contributed by atoms with E-state index in [0.717, 1.165) is 16.3 Å². The zero-order valence-corrected chi connectivity index (χ0v) is 15.4. The van der Waals surface area contributed by atoms with Crippen LogP contribution in [0.4, 0.5) is 0 Å². The van der Waals surface area contributed by atoms with Crippen molar-refractivity contribution in [2.75, 3.05) is 12.0 Å². The molecule has 1 aromatic carbocycles. The summed E-state index contributed by atoms with van der Waals surface area (Å²) in [5.74, 6) is 0.705. The highest BCUT2D eigenvalue weighted by molar-refractivity contribution is 7.99. The van der Waals surface area contributed by atoms with Crippen molar-refractivity contribution >= 4 is 27.5 Å². The molecule has 1 atom stereocenters. The highest BCUT2D eigenvalue weighted by atomic mass is 32.2. The number of thioether (sulfide) groups is 1. The van der Waals surface area contributed by atoms with Crippen LogP contribution in [0.25, 0.3) is 0 Å². The first-order valence-corrected chi connectivity index (χ1v) is 10.4. The van der Waals surface area contributed by atoms with Gasteiger partial charge in [0.25, 0.3) is 5.91 Å². The zero-order chi connectivity index (χ0) is 17.7. The average Bonchev–Trinajstić information content (AvgIpc) is 2.54. The predicted molar refractivity (Wildman–Crippen MR) is 96.1 cm³/mol. The van der Waals surface area contributed by atoms with E-state index in [1.165, 1.54) is 6.26 Å². The number of benzene rings is 1. The Balaban J connectivity index is 2.10. The zero-order valence-electron chi connectivity index (χ0n) is 13.8. The van der Waals surface area contributed by atoms with E-state index in [9.17, 15) is 13.2 Å². The van der Waals surface area contributed by atoms with E-state index >= 15 is 0 Å². The highest BCUT2D eigenvalue weighted by Crippen LogP contribution is 2.18. The van der Waals surface area contributed by atoms with Crippen LogP contribution in [0, 0.1) is 0 Å². The number of nitrogens with zero attached hydrogens (tertiary/aromatic N) is 1. The molecule has 0 bridgehead atoms. The number of sulfone groups is 1. The van der Waals surface area contributed by atoms with Crippen molar-refractivity contribution in [2.24, 2.45) is 0 Å². The highest BCUT2D eigenvalue weighted by Gasteiger charge is 2.13. The van der Waals surface area contributed by atoms with Gasteiger partial charge in [-0.1, -0.05) is 19.1 Å². The number of carbonyl (C=O) groups excluding carboxylic acids is 1. The summed E-state index contributed by atoms with van der Waals surface area (Å²) in [4.78, 5) is 16.8. The fraction of sp³-hybridized carbons (Fsp3) is 0.294. The van der Waals surface area contributed by atoms with Gasteiger partial charge in [-0.15, -0.1) is 11.8 Å². The van der Waals surface area contributed by atoms with Gasteiger partial charge in [0.2, 0.25) is 0 Å². The number of amides is 1. The molecule has 7 heteroatoms. The van der Waals surface area contributed by atoms with Crippen molar-refractivity contribution in [3.8, 4) is 0 Å². The van der Waals surface area contributed by atoms with Crippen LogP contribution in [-0.4, -0.2) is 31.3 Å². The minimum absolute atomic E-state index is 0.185. The number of hydrogen-bond donors (Lipinski definition) is 1. The lowest BCUT2D eigenvalue weighted by Crippen LogP contribution is -2.26. The van der Waals surface area contributed by atoms with E-state index in [4.69, 9.17) is 0 Å². The van der Waals surface area contributed by atoms with Gasteiger partial charge in [-0.25, -0.2) is 13.4 Å². The van der Waals surface area contributed by atoms with Crippen LogP contribution < -0.4 is 5.32 Å². The summed E-state index contributed by atoms with van der Waals surface area (Å²) in [6.07, 6.45) is 2.79. The normalized spacial score (nSPS) is 12.6. The van der Waals surface area contributed by atoms with Gasteiger partial charge in [0.1, 0.15) is 0 Å². The Hall–Kier alpha value is -1.86. The lowest BCUT2D eigenvalue weighted by molar-refractivity contribution is 0.0939. The number of aromatic nitrogens is 1. The van der Waals surface area contributed by atoms with Crippen LogP contribution in [0.5, 0.6) is 0 Å². The minimum Gasteiger partial charge on any atom is -0.346 e. The summed E-state index contributed by atoms with van der Waals surface area (Å²) in [7, 11) is -3.22. The second-order valence-corrected chi connectivity index (χ2v) is 8.65. The van der Waals surface area contributed by atoms with E-state index < -0.39 is 9.84 Å². The van der Waals surface area contributed by atoms with Gasteiger partial charge in [0, 0.05) is 18.0 Å². The second-order valence-electron chi connectivity index (χ2n) is 5.35. The first kappa shape index (κ1) is 18.5. The molecule has 1 unspecified atom stereocenters. The van der Waals surface area contributed by atoms with Gasteiger partial charge in [-0.3, -0.25) is 4.79 Å². The fourth-order valence-corrected chi connectivity index (χ4v) is 3.42. The Morgan fingerprint density at radius 1 is 1.25 bits per heavy atom. The number of rotatable bonds is 6. The van der Waals surface area contributed by atoms with Gasteiger partial charge < -0.3 is 5.32 Å². The Morgan fingerprint density at radius 2 is 1.92 bits per heavy atom. The largest absolute Gasteiger partial charge is 0.346 e. The molecule has 2 rings (SSSR count). The van der Waals surface area contributed by atoms with Crippen molar-refractivity contribution in [3.05, 3.63) is 53.7 Å². The Kier molecular flexibility index (Phi) is 6.01. The molecule has 1 amide bonds. The van der Waals surface area contributed by atoms with Crippen molar-refractivity contribution in [3.63, 3.8) is 0 Å². The Bertz CT molecular complexity index is 818. The maximum absolute atomic E-state index is 12.4. The fourth-order valence-electron chi connectivity index (χ4n) is 2.14. The molecule has 24 heavy (non-hydrogen) atoms. The summed E-state index contributed by atoms with van der Waals surface area (Å²) >= 11 is 1.58. The molecule has 2 aromatic rings. The summed E-state index contributed by atoms with van der Waals surface area (Å²) < 4.78 is 23.0. The number of nitrogens with one attached hydrogen (secondary N) is 1. The molecule has 1 heterocycles. The van der Waals surface area contributed by atoms with Gasteiger partial charge >= 0.3 is 0 Å². The predicted octanol–water partition coefficient (Wildman–Crippen LogP) is 3.09. The quantitative estimate of drug-likeness (QED) is 0.797. The standard InChI is InChI=1S/C17H20N2O3S2/c1-4-23-16-11-14(9-10-18-16)17(20)19-12(2)13-5-7-15(8-6-13)24(3,21)22/h5-12H,4H2,1-3H3,(H,19,20). The van der Waals surface area contributed by atoms with Gasteiger partial charge in [-0.05, 0) is 42.5 Å². The lowest BCUT2D eigenvalue weighted by atomic mass is 10.1. The Labute approximate surface area is 146 Å². The van der Waals surface area contributed by atoms with Gasteiger partial charge in [-0.2, -0.15) is 0 Å². The minimum atomic E-state index is -3.22. The van der Waals surface area contributed by atoms with Gasteiger partial charge in [0.15, 0.2) is 9.84 Å². The van der Waals surface area contributed by atoms with Crippen LogP contribution in [-0.2, 0) is 9.84 Å². The molecule has 0 saturated heterocycles. The van der Waals surface area contributed by atoms with E-state index in [0.29, 0.717) is 5.56 Å². The molecule has 0 radical (unpaired) electrons. The summed E-state index contributed by atoms with van der Waals surface area (Å²) in [6, 6.07) is 9.74. The molecule has 0 aliphatic heterocycles. The summed E-state index contributed by atoms with van der Waals surface area (Å²) in [5.41, 5.74) is 1.40. The second kappa shape index (κ2) is 7.81. The molecule has 0 aliphatic carbocycles. The molecule has 1 N–H and O–H groups in total. The summed E-state index contributed by atoms with van der Waals surface area (Å²) in [5, 5.41) is 3.73. The molecule has 0 spiro atoms. The molecule has 0 saturated carbocycles. The molecule has 128 valence electrons. The van der Waals surface area contributed by atoms with E-state index in [2.05, 4.69) is 10.3 Å². The van der Waals surface area contributed by atoms with Crippen LogP contribution in [0.2, 0.25) is 0 Å². The van der Waals surface area contributed by atoms with Crippen molar-refractivity contribution in [1.82, 2.24) is 10.3 Å².